The number of H-pyrrole nitrogens is 1. The molecule has 5 unspecified atom stereocenters. The molecular weight excluding hydrogens is 526 g/mol. The molecule has 0 spiro atoms. The second-order valence-corrected chi connectivity index (χ2v) is 12.3. The monoisotopic (exact) mass is 557 g/mol. The van der Waals surface area contributed by atoms with Crippen LogP contribution in [0.3, 0.4) is 0 Å². The maximum absolute atomic E-state index is 14.1. The largest absolute Gasteiger partial charge is 0.496 e. The van der Waals surface area contributed by atoms with Crippen LogP contribution in [0, 0.1) is 5.41 Å². The van der Waals surface area contributed by atoms with Crippen molar-refractivity contribution in [3.05, 3.63) is 83.7 Å². The molecule has 206 valence electrons. The number of carbonyl (C=O) groups excluding carboxylic acids is 2. The highest BCUT2D eigenvalue weighted by atomic mass is 32.2. The van der Waals surface area contributed by atoms with E-state index in [-0.39, 0.29) is 22.9 Å². The molecule has 2 bridgehead atoms. The normalized spacial score (nSPS) is 29.3. The summed E-state index contributed by atoms with van der Waals surface area (Å²) in [5, 5.41) is -0.664. The first-order valence-corrected chi connectivity index (χ1v) is 14.6. The fourth-order valence-corrected chi connectivity index (χ4v) is 10.00. The van der Waals surface area contributed by atoms with Crippen LogP contribution in [0.4, 0.5) is 0 Å². The van der Waals surface area contributed by atoms with Crippen molar-refractivity contribution in [2.75, 3.05) is 27.4 Å². The Hall–Kier alpha value is -3.65. The average molecular weight is 558 g/mol. The number of ketones is 1. The predicted molar refractivity (Wildman–Crippen MR) is 152 cm³/mol. The number of para-hydroxylation sites is 1. The number of benzene rings is 2. The van der Waals surface area contributed by atoms with Crippen LogP contribution in [0.15, 0.2) is 61.4 Å². The van der Waals surface area contributed by atoms with E-state index in [0.717, 1.165) is 29.7 Å². The Labute approximate surface area is 237 Å². The second-order valence-electron chi connectivity index (χ2n) is 11.0. The van der Waals surface area contributed by atoms with Gasteiger partial charge in [0.1, 0.15) is 19.0 Å². The number of methoxy groups -OCH3 is 2. The third kappa shape index (κ3) is 3.25. The van der Waals surface area contributed by atoms with Gasteiger partial charge >= 0.3 is 5.97 Å². The minimum absolute atomic E-state index is 0.0462. The lowest BCUT2D eigenvalue weighted by Crippen LogP contribution is -2.60. The summed E-state index contributed by atoms with van der Waals surface area (Å²) in [6, 6.07) is 13.6. The standard InChI is InChI=1S/C32H31NO6S/c1-18(20-6-4-5-7-24(20)36-2)28(34)27-15-32(30(35)37-3)22-10-11-31(29(32)40-27,23-17-33-16-21(22)23)19-8-9-25-26(14-19)39-13-12-38-25/h4-9,14,16-17,22,27,29,33H,1,10-13,15H2,2-3H3. The summed E-state index contributed by atoms with van der Waals surface area (Å²) in [6.07, 6.45) is 6.17. The zero-order valence-corrected chi connectivity index (χ0v) is 23.3. The first-order chi connectivity index (χ1) is 19.5. The molecule has 1 N–H and O–H groups in total. The van der Waals surface area contributed by atoms with Gasteiger partial charge in [-0.25, -0.2) is 0 Å². The van der Waals surface area contributed by atoms with Gasteiger partial charge in [0.05, 0.1) is 24.9 Å². The Bertz CT molecular complexity index is 1550. The van der Waals surface area contributed by atoms with Crippen LogP contribution in [-0.4, -0.2) is 54.7 Å². The molecule has 8 heteroatoms. The Morgan fingerprint density at radius 1 is 1.07 bits per heavy atom. The van der Waals surface area contributed by atoms with E-state index in [1.54, 1.807) is 18.9 Å². The number of rotatable bonds is 6. The van der Waals surface area contributed by atoms with E-state index in [9.17, 15) is 9.59 Å². The van der Waals surface area contributed by atoms with Crippen LogP contribution in [0.1, 0.15) is 47.4 Å². The highest BCUT2D eigenvalue weighted by Crippen LogP contribution is 2.72. The summed E-state index contributed by atoms with van der Waals surface area (Å²) < 4.78 is 22.9. The zero-order chi connectivity index (χ0) is 27.6. The molecule has 0 amide bonds. The Kier molecular flexibility index (Phi) is 5.82. The highest BCUT2D eigenvalue weighted by molar-refractivity contribution is 8.01. The van der Waals surface area contributed by atoms with Crippen molar-refractivity contribution in [1.29, 1.82) is 0 Å². The maximum atomic E-state index is 14.1. The van der Waals surface area contributed by atoms with Crippen LogP contribution in [0.5, 0.6) is 17.2 Å². The van der Waals surface area contributed by atoms with Crippen molar-refractivity contribution >= 4 is 29.1 Å². The number of hydrogen-bond donors (Lipinski definition) is 1. The van der Waals surface area contributed by atoms with Crippen LogP contribution < -0.4 is 14.2 Å². The molecular formula is C32H31NO6S. The summed E-state index contributed by atoms with van der Waals surface area (Å²) in [5.41, 5.74) is 3.09. The lowest BCUT2D eigenvalue weighted by molar-refractivity contribution is -0.158. The molecule has 40 heavy (non-hydrogen) atoms. The van der Waals surface area contributed by atoms with Crippen molar-refractivity contribution in [2.24, 2.45) is 5.41 Å². The van der Waals surface area contributed by atoms with E-state index in [1.165, 1.54) is 12.7 Å². The molecule has 3 heterocycles. The van der Waals surface area contributed by atoms with Gasteiger partial charge in [0.25, 0.3) is 0 Å². The Morgan fingerprint density at radius 3 is 2.67 bits per heavy atom. The summed E-state index contributed by atoms with van der Waals surface area (Å²) in [6.45, 7) is 5.21. The maximum Gasteiger partial charge on any atom is 0.313 e. The number of carbonyl (C=O) groups is 2. The minimum atomic E-state index is -0.860. The lowest BCUT2D eigenvalue weighted by atomic mass is 9.45. The number of aromatic nitrogens is 1. The number of allylic oxidation sites excluding steroid dienone is 1. The van der Waals surface area contributed by atoms with Gasteiger partial charge in [-0.2, -0.15) is 0 Å². The Balaban J connectivity index is 1.36. The van der Waals surface area contributed by atoms with Crippen LogP contribution in [-0.2, 0) is 19.7 Å². The molecule has 2 aromatic carbocycles. The molecule has 1 saturated heterocycles. The molecule has 0 radical (unpaired) electrons. The fraction of sp³-hybridized carbons (Fsp3) is 0.375. The highest BCUT2D eigenvalue weighted by Gasteiger charge is 2.72. The smallest absolute Gasteiger partial charge is 0.313 e. The number of fused-ring (bicyclic) bond motifs is 2. The quantitative estimate of drug-likeness (QED) is 0.326. The number of Topliss-reactive ketones (excluding diaryl/α,β-unsaturated/α-hetero) is 1. The van der Waals surface area contributed by atoms with Crippen molar-refractivity contribution in [2.45, 2.75) is 41.1 Å². The van der Waals surface area contributed by atoms with E-state index >= 15 is 0 Å². The number of ether oxygens (including phenoxy) is 4. The molecule has 2 aliphatic heterocycles. The summed E-state index contributed by atoms with van der Waals surface area (Å²) >= 11 is 1.60. The second kappa shape index (κ2) is 9.20. The molecule has 2 fully saturated rings. The molecule has 3 aliphatic carbocycles. The van der Waals surface area contributed by atoms with Crippen molar-refractivity contribution < 1.29 is 28.5 Å². The number of hydrogen-bond acceptors (Lipinski definition) is 7. The third-order valence-electron chi connectivity index (χ3n) is 9.47. The first kappa shape index (κ1) is 25.3. The molecule has 8 rings (SSSR count). The summed E-state index contributed by atoms with van der Waals surface area (Å²) in [7, 11) is 3.05. The van der Waals surface area contributed by atoms with E-state index in [0.29, 0.717) is 42.3 Å². The Morgan fingerprint density at radius 2 is 1.88 bits per heavy atom. The molecule has 1 saturated carbocycles. The molecule has 5 aliphatic rings. The number of aromatic amines is 1. The molecule has 7 nitrogen and oxygen atoms in total. The van der Waals surface area contributed by atoms with Crippen LogP contribution in [0.25, 0.3) is 5.57 Å². The molecule has 1 aromatic heterocycles. The minimum Gasteiger partial charge on any atom is -0.496 e. The summed E-state index contributed by atoms with van der Waals surface area (Å²) in [5.74, 6) is 1.68. The van der Waals surface area contributed by atoms with Gasteiger partial charge in [0, 0.05) is 40.1 Å². The van der Waals surface area contributed by atoms with Gasteiger partial charge in [0.15, 0.2) is 17.3 Å². The van der Waals surface area contributed by atoms with E-state index in [1.807, 2.05) is 36.5 Å². The van der Waals surface area contributed by atoms with Crippen LogP contribution >= 0.6 is 11.8 Å². The zero-order valence-electron chi connectivity index (χ0n) is 22.5. The van der Waals surface area contributed by atoms with Crippen molar-refractivity contribution in [3.63, 3.8) is 0 Å². The van der Waals surface area contributed by atoms with Gasteiger partial charge in [-0.15, -0.1) is 11.8 Å². The van der Waals surface area contributed by atoms with Gasteiger partial charge < -0.3 is 23.9 Å². The van der Waals surface area contributed by atoms with Gasteiger partial charge in [-0.05, 0) is 54.2 Å². The fourth-order valence-electron chi connectivity index (χ4n) is 7.82. The number of thioether (sulfide) groups is 1. The first-order valence-electron chi connectivity index (χ1n) is 13.6. The van der Waals surface area contributed by atoms with E-state index < -0.39 is 16.1 Å². The molecule has 5 atom stereocenters. The average Bonchev–Trinajstić information content (AvgIpc) is 3.68. The molecule has 3 aromatic rings. The van der Waals surface area contributed by atoms with E-state index in [4.69, 9.17) is 18.9 Å². The third-order valence-corrected chi connectivity index (χ3v) is 11.3. The number of nitrogens with one attached hydrogen (secondary N) is 1. The summed E-state index contributed by atoms with van der Waals surface area (Å²) in [4.78, 5) is 31.4. The number of esters is 1. The topological polar surface area (TPSA) is 86.9 Å². The van der Waals surface area contributed by atoms with Gasteiger partial charge in [-0.3, -0.25) is 9.59 Å². The van der Waals surface area contributed by atoms with Gasteiger partial charge in [-0.1, -0.05) is 30.8 Å². The lowest BCUT2D eigenvalue weighted by Gasteiger charge is -2.58. The SMILES string of the molecule is C=C(C(=O)C1CC2(C(=O)OC)C3CCC(c4ccc5c(c4)OCCO5)(c4c[nH]cc43)C2S1)c1ccccc1OC. The van der Waals surface area contributed by atoms with Crippen molar-refractivity contribution in [3.8, 4) is 17.2 Å². The van der Waals surface area contributed by atoms with Gasteiger partial charge in [0.2, 0.25) is 0 Å². The van der Waals surface area contributed by atoms with Crippen molar-refractivity contribution in [1.82, 2.24) is 4.98 Å². The van der Waals surface area contributed by atoms with Crippen LogP contribution in [0.2, 0.25) is 0 Å². The van der Waals surface area contributed by atoms with E-state index in [2.05, 4.69) is 29.9 Å². The predicted octanol–water partition coefficient (Wildman–Crippen LogP) is 5.29.